The van der Waals surface area contributed by atoms with Crippen LogP contribution in [0.5, 0.6) is 0 Å². The summed E-state index contributed by atoms with van der Waals surface area (Å²) in [5.74, 6) is 0.819. The second kappa shape index (κ2) is 3.44. The van der Waals surface area contributed by atoms with Crippen LogP contribution in [0.3, 0.4) is 0 Å². The first-order valence-electron chi connectivity index (χ1n) is 5.63. The van der Waals surface area contributed by atoms with Crippen LogP contribution in [0.2, 0.25) is 0 Å². The first kappa shape index (κ1) is 10.3. The Morgan fingerprint density at radius 3 is 2.53 bits per heavy atom. The maximum atomic E-state index is 5.89. The third-order valence-electron chi connectivity index (χ3n) is 3.34. The third kappa shape index (κ3) is 2.25. The van der Waals surface area contributed by atoms with Crippen molar-refractivity contribution >= 4 is 11.4 Å². The van der Waals surface area contributed by atoms with Crippen LogP contribution in [-0.2, 0) is 0 Å². The minimum absolute atomic E-state index is 0.196. The first-order valence-corrected chi connectivity index (χ1v) is 5.63. The summed E-state index contributed by atoms with van der Waals surface area (Å²) in [4.78, 5) is 0. The van der Waals surface area contributed by atoms with Gasteiger partial charge in [0, 0.05) is 16.9 Å². The van der Waals surface area contributed by atoms with Crippen molar-refractivity contribution in [2.45, 2.75) is 39.2 Å². The Bertz CT molecular complexity index is 365. The minimum Gasteiger partial charge on any atom is -0.398 e. The van der Waals surface area contributed by atoms with Gasteiger partial charge in [-0.05, 0) is 57.2 Å². The van der Waals surface area contributed by atoms with E-state index in [-0.39, 0.29) is 5.54 Å². The van der Waals surface area contributed by atoms with E-state index in [1.54, 1.807) is 0 Å². The van der Waals surface area contributed by atoms with Crippen molar-refractivity contribution in [3.05, 3.63) is 23.8 Å². The first-order chi connectivity index (χ1) is 6.99. The number of benzene rings is 1. The van der Waals surface area contributed by atoms with Crippen molar-refractivity contribution in [3.63, 3.8) is 0 Å². The Morgan fingerprint density at radius 1 is 1.33 bits per heavy atom. The van der Waals surface area contributed by atoms with Gasteiger partial charge in [-0.2, -0.15) is 0 Å². The molecule has 0 unspecified atom stereocenters. The van der Waals surface area contributed by atoms with Crippen molar-refractivity contribution in [2.75, 3.05) is 11.1 Å². The van der Waals surface area contributed by atoms with E-state index in [0.29, 0.717) is 0 Å². The quantitative estimate of drug-likeness (QED) is 0.742. The molecule has 1 aromatic carbocycles. The number of anilines is 2. The summed E-state index contributed by atoms with van der Waals surface area (Å²) in [6.45, 7) is 6.56. The van der Waals surface area contributed by atoms with Crippen molar-refractivity contribution < 1.29 is 0 Å². The molecule has 0 heterocycles. The molecule has 15 heavy (non-hydrogen) atoms. The molecule has 0 bridgehead atoms. The van der Waals surface area contributed by atoms with E-state index < -0.39 is 0 Å². The topological polar surface area (TPSA) is 38.0 Å². The number of rotatable bonds is 3. The molecule has 0 aliphatic heterocycles. The molecule has 2 rings (SSSR count). The SMILES string of the molecule is Cc1ccc(NC(C)(C)C2CC2)cc1N. The monoisotopic (exact) mass is 204 g/mol. The second-order valence-corrected chi connectivity index (χ2v) is 5.19. The van der Waals surface area contributed by atoms with Gasteiger partial charge in [0.15, 0.2) is 0 Å². The van der Waals surface area contributed by atoms with Crippen LogP contribution in [0.4, 0.5) is 11.4 Å². The van der Waals surface area contributed by atoms with Gasteiger partial charge in [-0.15, -0.1) is 0 Å². The highest BCUT2D eigenvalue weighted by atomic mass is 15.0. The van der Waals surface area contributed by atoms with Gasteiger partial charge in [0.2, 0.25) is 0 Å². The van der Waals surface area contributed by atoms with E-state index in [1.165, 1.54) is 12.8 Å². The molecule has 1 aliphatic rings. The molecule has 0 spiro atoms. The number of hydrogen-bond acceptors (Lipinski definition) is 2. The summed E-state index contributed by atoms with van der Waals surface area (Å²) in [5.41, 5.74) is 9.23. The summed E-state index contributed by atoms with van der Waals surface area (Å²) < 4.78 is 0. The van der Waals surface area contributed by atoms with Gasteiger partial charge in [0.25, 0.3) is 0 Å². The van der Waals surface area contributed by atoms with Gasteiger partial charge < -0.3 is 11.1 Å². The van der Waals surface area contributed by atoms with Gasteiger partial charge >= 0.3 is 0 Å². The Hall–Kier alpha value is -1.18. The van der Waals surface area contributed by atoms with Crippen molar-refractivity contribution in [2.24, 2.45) is 5.92 Å². The molecule has 0 radical (unpaired) electrons. The van der Waals surface area contributed by atoms with E-state index in [2.05, 4.69) is 31.3 Å². The molecule has 82 valence electrons. The zero-order chi connectivity index (χ0) is 11.1. The van der Waals surface area contributed by atoms with Gasteiger partial charge in [0.05, 0.1) is 0 Å². The number of nitrogen functional groups attached to an aromatic ring is 1. The molecular formula is C13H20N2. The third-order valence-corrected chi connectivity index (χ3v) is 3.34. The van der Waals surface area contributed by atoms with E-state index in [4.69, 9.17) is 5.73 Å². The second-order valence-electron chi connectivity index (χ2n) is 5.19. The van der Waals surface area contributed by atoms with E-state index in [1.807, 2.05) is 13.0 Å². The molecule has 0 aromatic heterocycles. The highest BCUT2D eigenvalue weighted by molar-refractivity contribution is 5.59. The number of hydrogen-bond donors (Lipinski definition) is 2. The Kier molecular flexibility index (Phi) is 2.37. The molecule has 2 heteroatoms. The Labute approximate surface area is 91.9 Å². The minimum atomic E-state index is 0.196. The lowest BCUT2D eigenvalue weighted by atomic mass is 9.98. The van der Waals surface area contributed by atoms with Gasteiger partial charge in [-0.3, -0.25) is 0 Å². The predicted molar refractivity (Wildman–Crippen MR) is 66.0 cm³/mol. The lowest BCUT2D eigenvalue weighted by Crippen LogP contribution is -2.33. The highest BCUT2D eigenvalue weighted by Crippen LogP contribution is 2.41. The molecule has 0 saturated heterocycles. The molecule has 0 atom stereocenters. The lowest BCUT2D eigenvalue weighted by Gasteiger charge is -2.27. The molecular weight excluding hydrogens is 184 g/mol. The fourth-order valence-corrected chi connectivity index (χ4v) is 2.00. The number of nitrogens with one attached hydrogen (secondary N) is 1. The summed E-state index contributed by atoms with van der Waals surface area (Å²) in [6, 6.07) is 6.20. The average Bonchev–Trinajstić information content (AvgIpc) is 2.93. The van der Waals surface area contributed by atoms with Crippen LogP contribution in [0.15, 0.2) is 18.2 Å². The van der Waals surface area contributed by atoms with Crippen molar-refractivity contribution in [1.29, 1.82) is 0 Å². The molecule has 1 aliphatic carbocycles. The van der Waals surface area contributed by atoms with Gasteiger partial charge in [-0.1, -0.05) is 6.07 Å². The Morgan fingerprint density at radius 2 is 2.00 bits per heavy atom. The summed E-state index contributed by atoms with van der Waals surface area (Å²) >= 11 is 0. The van der Waals surface area contributed by atoms with Crippen LogP contribution >= 0.6 is 0 Å². The fourth-order valence-electron chi connectivity index (χ4n) is 2.00. The zero-order valence-corrected chi connectivity index (χ0v) is 9.80. The number of nitrogens with two attached hydrogens (primary N) is 1. The van der Waals surface area contributed by atoms with Crippen molar-refractivity contribution in [1.82, 2.24) is 0 Å². The maximum Gasteiger partial charge on any atom is 0.0365 e. The summed E-state index contributed by atoms with van der Waals surface area (Å²) in [7, 11) is 0. The lowest BCUT2D eigenvalue weighted by molar-refractivity contribution is 0.494. The zero-order valence-electron chi connectivity index (χ0n) is 9.80. The number of aryl methyl sites for hydroxylation is 1. The predicted octanol–water partition coefficient (Wildman–Crippen LogP) is 3.18. The Balaban J connectivity index is 2.13. The van der Waals surface area contributed by atoms with Crippen LogP contribution in [0, 0.1) is 12.8 Å². The van der Waals surface area contributed by atoms with Gasteiger partial charge in [-0.25, -0.2) is 0 Å². The molecule has 1 saturated carbocycles. The molecule has 1 aromatic rings. The largest absolute Gasteiger partial charge is 0.398 e. The molecule has 0 amide bonds. The molecule has 2 nitrogen and oxygen atoms in total. The van der Waals surface area contributed by atoms with Crippen LogP contribution in [0.1, 0.15) is 32.3 Å². The molecule has 3 N–H and O–H groups in total. The molecule has 1 fully saturated rings. The summed E-state index contributed by atoms with van der Waals surface area (Å²) in [5, 5.41) is 3.57. The smallest absolute Gasteiger partial charge is 0.0365 e. The van der Waals surface area contributed by atoms with Gasteiger partial charge in [0.1, 0.15) is 0 Å². The highest BCUT2D eigenvalue weighted by Gasteiger charge is 2.37. The van der Waals surface area contributed by atoms with E-state index in [0.717, 1.165) is 22.9 Å². The van der Waals surface area contributed by atoms with Crippen LogP contribution in [0.25, 0.3) is 0 Å². The van der Waals surface area contributed by atoms with E-state index >= 15 is 0 Å². The fraction of sp³-hybridized carbons (Fsp3) is 0.538. The van der Waals surface area contributed by atoms with Crippen molar-refractivity contribution in [3.8, 4) is 0 Å². The normalized spacial score (nSPS) is 16.5. The average molecular weight is 204 g/mol. The van der Waals surface area contributed by atoms with Crippen LogP contribution < -0.4 is 11.1 Å². The van der Waals surface area contributed by atoms with Crippen LogP contribution in [-0.4, -0.2) is 5.54 Å². The standard InChI is InChI=1S/C13H20N2/c1-9-4-7-11(8-12(9)14)15-13(2,3)10-5-6-10/h4,7-8,10,15H,5-6,14H2,1-3H3. The van der Waals surface area contributed by atoms with E-state index in [9.17, 15) is 0 Å². The maximum absolute atomic E-state index is 5.89. The summed E-state index contributed by atoms with van der Waals surface area (Å²) in [6.07, 6.45) is 2.70.